The van der Waals surface area contributed by atoms with Crippen LogP contribution in [-0.2, 0) is 9.59 Å². The van der Waals surface area contributed by atoms with Gasteiger partial charge in [-0.05, 0) is 12.8 Å². The van der Waals surface area contributed by atoms with Crippen LogP contribution in [0.3, 0.4) is 0 Å². The van der Waals surface area contributed by atoms with Crippen molar-refractivity contribution >= 4 is 11.9 Å². The molecular weight excluding hydrogens is 170 g/mol. The van der Waals surface area contributed by atoms with E-state index in [4.69, 9.17) is 5.11 Å². The molecule has 2 N–H and O–H groups in total. The Hall–Kier alpha value is -1.32. The third kappa shape index (κ3) is 1.56. The molecule has 0 spiro atoms. The van der Waals surface area contributed by atoms with Crippen molar-refractivity contribution in [2.45, 2.75) is 19.3 Å². The molecule has 0 radical (unpaired) electrons. The molecular formula is C9H13NO3. The summed E-state index contributed by atoms with van der Waals surface area (Å²) in [6, 6.07) is 0. The Kier molecular flexibility index (Phi) is 2.70. The number of rotatable bonds is 4. The largest absolute Gasteiger partial charge is 0.480 e. The lowest BCUT2D eigenvalue weighted by molar-refractivity contribution is -0.161. The van der Waals surface area contributed by atoms with Crippen molar-refractivity contribution in [3.63, 3.8) is 0 Å². The van der Waals surface area contributed by atoms with Gasteiger partial charge >= 0.3 is 5.97 Å². The molecule has 1 saturated carbocycles. The van der Waals surface area contributed by atoms with E-state index in [-0.39, 0.29) is 5.91 Å². The lowest BCUT2D eigenvalue weighted by Gasteiger charge is -2.35. The molecule has 0 heterocycles. The van der Waals surface area contributed by atoms with Crippen LogP contribution in [0, 0.1) is 5.41 Å². The zero-order valence-electron chi connectivity index (χ0n) is 7.38. The van der Waals surface area contributed by atoms with Crippen LogP contribution in [0.15, 0.2) is 12.7 Å². The molecule has 0 unspecified atom stereocenters. The summed E-state index contributed by atoms with van der Waals surface area (Å²) in [5.41, 5.74) is -1.15. The monoisotopic (exact) mass is 183 g/mol. The summed E-state index contributed by atoms with van der Waals surface area (Å²) < 4.78 is 0. The second kappa shape index (κ2) is 3.60. The van der Waals surface area contributed by atoms with Gasteiger partial charge in [0.1, 0.15) is 5.41 Å². The number of nitrogens with one attached hydrogen (secondary N) is 1. The van der Waals surface area contributed by atoms with Gasteiger partial charge in [0.25, 0.3) is 0 Å². The van der Waals surface area contributed by atoms with Crippen LogP contribution < -0.4 is 5.32 Å². The number of carbonyl (C=O) groups excluding carboxylic acids is 1. The first-order valence-electron chi connectivity index (χ1n) is 4.26. The zero-order valence-corrected chi connectivity index (χ0v) is 7.38. The summed E-state index contributed by atoms with van der Waals surface area (Å²) in [7, 11) is 0. The fourth-order valence-corrected chi connectivity index (χ4v) is 1.40. The first-order chi connectivity index (χ1) is 6.13. The van der Waals surface area contributed by atoms with Crippen LogP contribution >= 0.6 is 0 Å². The number of hydrogen-bond acceptors (Lipinski definition) is 2. The van der Waals surface area contributed by atoms with Crippen molar-refractivity contribution in [1.29, 1.82) is 0 Å². The van der Waals surface area contributed by atoms with Crippen LogP contribution in [-0.4, -0.2) is 23.5 Å². The lowest BCUT2D eigenvalue weighted by atomic mass is 9.68. The van der Waals surface area contributed by atoms with Gasteiger partial charge in [0.2, 0.25) is 5.91 Å². The van der Waals surface area contributed by atoms with Gasteiger partial charge in [0.15, 0.2) is 0 Å². The highest BCUT2D eigenvalue weighted by molar-refractivity contribution is 6.02. The molecule has 4 heteroatoms. The first kappa shape index (κ1) is 9.77. The van der Waals surface area contributed by atoms with Crippen LogP contribution in [0.1, 0.15) is 19.3 Å². The molecule has 4 nitrogen and oxygen atoms in total. The normalized spacial score (nSPS) is 18.5. The van der Waals surface area contributed by atoms with E-state index in [1.165, 1.54) is 6.08 Å². The molecule has 0 saturated heterocycles. The predicted octanol–water partition coefficient (Wildman–Crippen LogP) is 0.543. The van der Waals surface area contributed by atoms with E-state index in [2.05, 4.69) is 11.9 Å². The van der Waals surface area contributed by atoms with Gasteiger partial charge in [-0.2, -0.15) is 0 Å². The Bertz CT molecular complexity index is 243. The van der Waals surface area contributed by atoms with Crippen molar-refractivity contribution < 1.29 is 14.7 Å². The summed E-state index contributed by atoms with van der Waals surface area (Å²) in [4.78, 5) is 22.2. The van der Waals surface area contributed by atoms with E-state index < -0.39 is 11.4 Å². The topological polar surface area (TPSA) is 66.4 Å². The molecule has 1 amide bonds. The SMILES string of the molecule is C=CCNC(=O)C1(C(=O)O)CCC1. The van der Waals surface area contributed by atoms with Crippen LogP contribution in [0.4, 0.5) is 0 Å². The highest BCUT2D eigenvalue weighted by Crippen LogP contribution is 2.41. The average Bonchev–Trinajstić information content (AvgIpc) is 1.97. The molecule has 1 fully saturated rings. The number of amides is 1. The van der Waals surface area contributed by atoms with Gasteiger partial charge < -0.3 is 10.4 Å². The van der Waals surface area contributed by atoms with Gasteiger partial charge in [-0.15, -0.1) is 6.58 Å². The maximum Gasteiger partial charge on any atom is 0.319 e. The van der Waals surface area contributed by atoms with E-state index in [0.29, 0.717) is 19.4 Å². The standard InChI is InChI=1S/C9H13NO3/c1-2-6-10-7(11)9(8(12)13)4-3-5-9/h2H,1,3-6H2,(H,10,11)(H,12,13). The Morgan fingerprint density at radius 3 is 2.46 bits per heavy atom. The second-order valence-corrected chi connectivity index (χ2v) is 3.24. The summed E-state index contributed by atoms with van der Waals surface area (Å²) >= 11 is 0. The van der Waals surface area contributed by atoms with Crippen molar-refractivity contribution in [2.24, 2.45) is 5.41 Å². The van der Waals surface area contributed by atoms with Crippen molar-refractivity contribution in [3.8, 4) is 0 Å². The first-order valence-corrected chi connectivity index (χ1v) is 4.26. The van der Waals surface area contributed by atoms with Crippen LogP contribution in [0.25, 0.3) is 0 Å². The molecule has 1 aliphatic rings. The lowest BCUT2D eigenvalue weighted by Crippen LogP contribution is -2.51. The highest BCUT2D eigenvalue weighted by atomic mass is 16.4. The van der Waals surface area contributed by atoms with Crippen LogP contribution in [0.5, 0.6) is 0 Å². The molecule has 13 heavy (non-hydrogen) atoms. The number of carbonyl (C=O) groups is 2. The fraction of sp³-hybridized carbons (Fsp3) is 0.556. The maximum atomic E-state index is 11.4. The molecule has 0 bridgehead atoms. The summed E-state index contributed by atoms with van der Waals surface area (Å²) in [6.45, 7) is 3.77. The minimum atomic E-state index is -1.15. The maximum absolute atomic E-state index is 11.4. The molecule has 0 aromatic carbocycles. The van der Waals surface area contributed by atoms with Gasteiger partial charge in [-0.25, -0.2) is 0 Å². The Labute approximate surface area is 76.6 Å². The van der Waals surface area contributed by atoms with Crippen LogP contribution in [0.2, 0.25) is 0 Å². The Morgan fingerprint density at radius 1 is 1.54 bits per heavy atom. The quantitative estimate of drug-likeness (QED) is 0.494. The van der Waals surface area contributed by atoms with Gasteiger partial charge in [-0.1, -0.05) is 12.5 Å². The summed E-state index contributed by atoms with van der Waals surface area (Å²) in [5, 5.41) is 11.4. The van der Waals surface area contributed by atoms with Crippen molar-refractivity contribution in [1.82, 2.24) is 5.32 Å². The van der Waals surface area contributed by atoms with Crippen molar-refractivity contribution in [3.05, 3.63) is 12.7 Å². The number of hydrogen-bond donors (Lipinski definition) is 2. The third-order valence-electron chi connectivity index (χ3n) is 2.46. The van der Waals surface area contributed by atoms with Gasteiger partial charge in [0, 0.05) is 6.54 Å². The molecule has 0 aliphatic heterocycles. The average molecular weight is 183 g/mol. The highest BCUT2D eigenvalue weighted by Gasteiger charge is 2.50. The van der Waals surface area contributed by atoms with E-state index in [0.717, 1.165) is 6.42 Å². The van der Waals surface area contributed by atoms with Crippen molar-refractivity contribution in [2.75, 3.05) is 6.54 Å². The Morgan fingerprint density at radius 2 is 2.15 bits per heavy atom. The molecule has 0 aromatic heterocycles. The second-order valence-electron chi connectivity index (χ2n) is 3.24. The predicted molar refractivity (Wildman–Crippen MR) is 47.1 cm³/mol. The minimum Gasteiger partial charge on any atom is -0.480 e. The number of carboxylic acid groups (broad SMARTS) is 1. The minimum absolute atomic E-state index is 0.327. The summed E-state index contributed by atoms with van der Waals surface area (Å²) in [6.07, 6.45) is 3.25. The van der Waals surface area contributed by atoms with Gasteiger partial charge in [-0.3, -0.25) is 9.59 Å². The Balaban J connectivity index is 2.60. The van der Waals surface area contributed by atoms with E-state index >= 15 is 0 Å². The number of aliphatic carboxylic acids is 1. The van der Waals surface area contributed by atoms with E-state index in [1.807, 2.05) is 0 Å². The van der Waals surface area contributed by atoms with Gasteiger partial charge in [0.05, 0.1) is 0 Å². The fourth-order valence-electron chi connectivity index (χ4n) is 1.40. The molecule has 0 atom stereocenters. The summed E-state index contributed by atoms with van der Waals surface area (Å²) in [5.74, 6) is -1.40. The smallest absolute Gasteiger partial charge is 0.319 e. The third-order valence-corrected chi connectivity index (χ3v) is 2.46. The molecule has 1 aliphatic carbocycles. The number of carboxylic acids is 1. The molecule has 1 rings (SSSR count). The van der Waals surface area contributed by atoms with E-state index in [9.17, 15) is 9.59 Å². The molecule has 0 aromatic rings. The molecule has 72 valence electrons. The van der Waals surface area contributed by atoms with E-state index in [1.54, 1.807) is 0 Å². The zero-order chi connectivity index (χ0) is 9.90.